The highest BCUT2D eigenvalue weighted by atomic mass is 32.1. The Morgan fingerprint density at radius 3 is 2.74 bits per heavy atom. The van der Waals surface area contributed by atoms with E-state index in [1.807, 2.05) is 7.05 Å². The van der Waals surface area contributed by atoms with Crippen molar-refractivity contribution in [1.29, 1.82) is 0 Å². The van der Waals surface area contributed by atoms with Gasteiger partial charge in [-0.05, 0) is 39.2 Å². The molecule has 2 aromatic rings. The molecule has 1 N–H and O–H groups in total. The molecule has 1 aliphatic rings. The van der Waals surface area contributed by atoms with Gasteiger partial charge in [0.05, 0.1) is 5.39 Å². The minimum Gasteiger partial charge on any atom is -0.372 e. The largest absolute Gasteiger partial charge is 0.372 e. The molecule has 4 nitrogen and oxygen atoms in total. The Hall–Kier alpha value is -1.20. The lowest BCUT2D eigenvalue weighted by Crippen LogP contribution is -2.23. The lowest BCUT2D eigenvalue weighted by molar-refractivity contribution is 0.00976. The van der Waals surface area contributed by atoms with Crippen molar-refractivity contribution in [1.82, 2.24) is 9.97 Å². The van der Waals surface area contributed by atoms with E-state index >= 15 is 0 Å². The standard InChI is InChI=1S/C14H19N3OS/c1-8-9(2)19-12-10(8)11(15-4)16-13(17-12)14(3)6-5-7-18-14/h5-7H2,1-4H3,(H,15,16,17). The van der Waals surface area contributed by atoms with Crippen molar-refractivity contribution in [3.63, 3.8) is 0 Å². The van der Waals surface area contributed by atoms with Crippen LogP contribution in [0.15, 0.2) is 0 Å². The normalized spacial score (nSPS) is 23.2. The number of hydrogen-bond donors (Lipinski definition) is 1. The molecule has 0 bridgehead atoms. The Morgan fingerprint density at radius 1 is 1.32 bits per heavy atom. The summed E-state index contributed by atoms with van der Waals surface area (Å²) in [5, 5.41) is 4.35. The van der Waals surface area contributed by atoms with E-state index in [1.165, 1.54) is 10.4 Å². The molecule has 1 fully saturated rings. The molecule has 102 valence electrons. The van der Waals surface area contributed by atoms with Gasteiger partial charge in [0.1, 0.15) is 16.2 Å². The second kappa shape index (κ2) is 4.42. The van der Waals surface area contributed by atoms with Crippen molar-refractivity contribution >= 4 is 27.4 Å². The van der Waals surface area contributed by atoms with E-state index in [4.69, 9.17) is 14.7 Å². The van der Waals surface area contributed by atoms with Crippen LogP contribution in [0.25, 0.3) is 10.2 Å². The van der Waals surface area contributed by atoms with Crippen molar-refractivity contribution in [2.24, 2.45) is 0 Å². The minimum absolute atomic E-state index is 0.328. The number of rotatable bonds is 2. The SMILES string of the molecule is CNc1nc(C2(C)CCCO2)nc2sc(C)c(C)c12. The lowest BCUT2D eigenvalue weighted by Gasteiger charge is -2.21. The fraction of sp³-hybridized carbons (Fsp3) is 0.571. The van der Waals surface area contributed by atoms with E-state index in [0.717, 1.165) is 41.3 Å². The van der Waals surface area contributed by atoms with Crippen LogP contribution in [0.4, 0.5) is 5.82 Å². The molecule has 1 saturated heterocycles. The fourth-order valence-electron chi connectivity index (χ4n) is 2.62. The summed E-state index contributed by atoms with van der Waals surface area (Å²) in [4.78, 5) is 11.8. The summed E-state index contributed by atoms with van der Waals surface area (Å²) < 4.78 is 5.86. The smallest absolute Gasteiger partial charge is 0.163 e. The number of thiophene rings is 1. The molecular weight excluding hydrogens is 258 g/mol. The van der Waals surface area contributed by atoms with Gasteiger partial charge in [0.15, 0.2) is 5.82 Å². The summed E-state index contributed by atoms with van der Waals surface area (Å²) in [6.45, 7) is 7.16. The van der Waals surface area contributed by atoms with E-state index in [0.29, 0.717) is 0 Å². The number of hydrogen-bond acceptors (Lipinski definition) is 5. The molecule has 1 atom stereocenters. The van der Waals surface area contributed by atoms with Gasteiger partial charge in [0.2, 0.25) is 0 Å². The summed E-state index contributed by atoms with van der Waals surface area (Å²) >= 11 is 1.73. The molecule has 0 radical (unpaired) electrons. The minimum atomic E-state index is -0.328. The predicted octanol–water partition coefficient (Wildman–Crippen LogP) is 3.38. The van der Waals surface area contributed by atoms with Gasteiger partial charge in [0, 0.05) is 18.5 Å². The van der Waals surface area contributed by atoms with Gasteiger partial charge in [-0.1, -0.05) is 0 Å². The van der Waals surface area contributed by atoms with Crippen molar-refractivity contribution < 1.29 is 4.74 Å². The van der Waals surface area contributed by atoms with E-state index in [1.54, 1.807) is 11.3 Å². The molecule has 2 aromatic heterocycles. The van der Waals surface area contributed by atoms with Crippen LogP contribution in [0.1, 0.15) is 36.0 Å². The molecule has 0 spiro atoms. The second-order valence-corrected chi connectivity index (χ2v) is 6.50. The van der Waals surface area contributed by atoms with Crippen LogP contribution in [0.2, 0.25) is 0 Å². The third-order valence-corrected chi connectivity index (χ3v) is 5.06. The van der Waals surface area contributed by atoms with Gasteiger partial charge in [-0.25, -0.2) is 9.97 Å². The molecule has 0 aromatic carbocycles. The van der Waals surface area contributed by atoms with Crippen LogP contribution >= 0.6 is 11.3 Å². The summed E-state index contributed by atoms with van der Waals surface area (Å²) in [6.07, 6.45) is 2.07. The van der Waals surface area contributed by atoms with Crippen molar-refractivity contribution in [2.45, 2.75) is 39.2 Å². The first-order chi connectivity index (χ1) is 9.05. The van der Waals surface area contributed by atoms with Crippen LogP contribution in [0.3, 0.4) is 0 Å². The maximum Gasteiger partial charge on any atom is 0.163 e. The van der Waals surface area contributed by atoms with Gasteiger partial charge < -0.3 is 10.1 Å². The Bertz CT molecular complexity index is 629. The van der Waals surface area contributed by atoms with Gasteiger partial charge in [0.25, 0.3) is 0 Å². The number of ether oxygens (including phenoxy) is 1. The zero-order chi connectivity index (χ0) is 13.6. The zero-order valence-corrected chi connectivity index (χ0v) is 12.6. The quantitative estimate of drug-likeness (QED) is 0.914. The maximum absolute atomic E-state index is 5.86. The molecule has 0 amide bonds. The number of nitrogens with zero attached hydrogens (tertiary/aromatic N) is 2. The highest BCUT2D eigenvalue weighted by Gasteiger charge is 2.35. The van der Waals surface area contributed by atoms with Crippen LogP contribution in [0, 0.1) is 13.8 Å². The summed E-state index contributed by atoms with van der Waals surface area (Å²) in [6, 6.07) is 0. The summed E-state index contributed by atoms with van der Waals surface area (Å²) in [5.41, 5.74) is 0.944. The Morgan fingerprint density at radius 2 is 2.11 bits per heavy atom. The van der Waals surface area contributed by atoms with Gasteiger partial charge in [-0.15, -0.1) is 11.3 Å². The predicted molar refractivity (Wildman–Crippen MR) is 79.0 cm³/mol. The second-order valence-electron chi connectivity index (χ2n) is 5.29. The molecule has 0 aliphatic carbocycles. The van der Waals surface area contributed by atoms with Crippen LogP contribution in [-0.4, -0.2) is 23.6 Å². The number of fused-ring (bicyclic) bond motifs is 1. The van der Waals surface area contributed by atoms with E-state index in [2.05, 4.69) is 26.1 Å². The van der Waals surface area contributed by atoms with Gasteiger partial charge in [-0.3, -0.25) is 0 Å². The van der Waals surface area contributed by atoms with Crippen LogP contribution in [-0.2, 0) is 10.3 Å². The molecular formula is C14H19N3OS. The van der Waals surface area contributed by atoms with Crippen molar-refractivity contribution in [3.05, 3.63) is 16.3 Å². The zero-order valence-electron chi connectivity index (χ0n) is 11.8. The Labute approximate surface area is 117 Å². The average molecular weight is 277 g/mol. The molecule has 1 unspecified atom stereocenters. The average Bonchev–Trinajstić information content (AvgIpc) is 2.95. The third kappa shape index (κ3) is 1.92. The van der Waals surface area contributed by atoms with E-state index < -0.39 is 0 Å². The lowest BCUT2D eigenvalue weighted by atomic mass is 10.0. The molecule has 3 heterocycles. The maximum atomic E-state index is 5.86. The first-order valence-electron chi connectivity index (χ1n) is 6.65. The van der Waals surface area contributed by atoms with Crippen LogP contribution in [0.5, 0.6) is 0 Å². The molecule has 1 aliphatic heterocycles. The first kappa shape index (κ1) is 12.8. The Kier molecular flexibility index (Phi) is 2.98. The molecule has 0 saturated carbocycles. The molecule has 3 rings (SSSR count). The topological polar surface area (TPSA) is 47.0 Å². The number of aromatic nitrogens is 2. The third-order valence-electron chi connectivity index (χ3n) is 3.96. The highest BCUT2D eigenvalue weighted by Crippen LogP contribution is 2.38. The monoisotopic (exact) mass is 277 g/mol. The summed E-state index contributed by atoms with van der Waals surface area (Å²) in [7, 11) is 1.91. The van der Waals surface area contributed by atoms with Crippen LogP contribution < -0.4 is 5.32 Å². The van der Waals surface area contributed by atoms with Gasteiger partial charge >= 0.3 is 0 Å². The van der Waals surface area contributed by atoms with E-state index in [-0.39, 0.29) is 5.60 Å². The number of anilines is 1. The highest BCUT2D eigenvalue weighted by molar-refractivity contribution is 7.18. The molecule has 5 heteroatoms. The van der Waals surface area contributed by atoms with Gasteiger partial charge in [-0.2, -0.15) is 0 Å². The Balaban J connectivity index is 2.23. The van der Waals surface area contributed by atoms with Crippen molar-refractivity contribution in [3.8, 4) is 0 Å². The fourth-order valence-corrected chi connectivity index (χ4v) is 3.65. The first-order valence-corrected chi connectivity index (χ1v) is 7.47. The summed E-state index contributed by atoms with van der Waals surface area (Å²) in [5.74, 6) is 1.72. The number of nitrogens with one attached hydrogen (secondary N) is 1. The van der Waals surface area contributed by atoms with E-state index in [9.17, 15) is 0 Å². The van der Waals surface area contributed by atoms with Crippen molar-refractivity contribution in [2.75, 3.05) is 19.0 Å². The molecule has 19 heavy (non-hydrogen) atoms. The number of aryl methyl sites for hydroxylation is 2.